The van der Waals surface area contributed by atoms with Gasteiger partial charge in [-0.3, -0.25) is 14.2 Å². The summed E-state index contributed by atoms with van der Waals surface area (Å²) in [6.45, 7) is 4.02. The van der Waals surface area contributed by atoms with E-state index >= 15 is 0 Å². The first-order chi connectivity index (χ1) is 14.9. The van der Waals surface area contributed by atoms with Crippen molar-refractivity contribution in [1.29, 1.82) is 0 Å². The third kappa shape index (κ3) is 3.55. The summed E-state index contributed by atoms with van der Waals surface area (Å²) >= 11 is 0. The highest BCUT2D eigenvalue weighted by molar-refractivity contribution is 6.03. The Morgan fingerprint density at radius 1 is 1.23 bits per heavy atom. The summed E-state index contributed by atoms with van der Waals surface area (Å²) in [5, 5.41) is 3.15. The molecule has 0 aromatic carbocycles. The number of carbonyl (C=O) groups is 2. The number of rotatable bonds is 6. The maximum absolute atomic E-state index is 13.0. The minimum atomic E-state index is -0.623. The zero-order chi connectivity index (χ0) is 21.8. The molecule has 1 N–H and O–H groups in total. The Morgan fingerprint density at radius 2 is 1.87 bits per heavy atom. The van der Waals surface area contributed by atoms with Crippen molar-refractivity contribution < 1.29 is 18.7 Å². The first-order valence-electron chi connectivity index (χ1n) is 11.3. The van der Waals surface area contributed by atoms with Gasteiger partial charge in [0, 0.05) is 6.54 Å². The van der Waals surface area contributed by atoms with E-state index in [2.05, 4.69) is 10.3 Å². The Hall–Kier alpha value is -2.64. The molecular formula is C23H29N3O5. The zero-order valence-electron chi connectivity index (χ0n) is 18.1. The molecule has 0 spiro atoms. The summed E-state index contributed by atoms with van der Waals surface area (Å²) in [5.74, 6) is 1.91. The van der Waals surface area contributed by atoms with E-state index < -0.39 is 11.5 Å². The number of amides is 1. The SMILES string of the molecule is CCOC(=O)c1c(C)oc2ncn(CC(=O)NCC34CC5CC(CC(C5)C3)C4)c(=O)c12. The molecule has 0 unspecified atom stereocenters. The lowest BCUT2D eigenvalue weighted by Gasteiger charge is -2.56. The number of aryl methyl sites for hydroxylation is 1. The molecule has 8 nitrogen and oxygen atoms in total. The van der Waals surface area contributed by atoms with Crippen molar-refractivity contribution in [3.8, 4) is 0 Å². The number of furan rings is 1. The van der Waals surface area contributed by atoms with Gasteiger partial charge in [-0.05, 0) is 75.5 Å². The van der Waals surface area contributed by atoms with Crippen LogP contribution in [0.1, 0.15) is 61.6 Å². The molecule has 2 heterocycles. The first-order valence-corrected chi connectivity index (χ1v) is 11.3. The fourth-order valence-electron chi connectivity index (χ4n) is 6.70. The Morgan fingerprint density at radius 3 is 2.48 bits per heavy atom. The second-order valence-corrected chi connectivity index (χ2v) is 9.81. The maximum Gasteiger partial charge on any atom is 0.342 e. The number of hydrogen-bond donors (Lipinski definition) is 1. The van der Waals surface area contributed by atoms with Gasteiger partial charge >= 0.3 is 5.97 Å². The van der Waals surface area contributed by atoms with E-state index in [4.69, 9.17) is 9.15 Å². The van der Waals surface area contributed by atoms with E-state index in [0.717, 1.165) is 17.8 Å². The molecule has 0 saturated heterocycles. The lowest BCUT2D eigenvalue weighted by atomic mass is 9.49. The zero-order valence-corrected chi connectivity index (χ0v) is 18.1. The third-order valence-electron chi connectivity index (χ3n) is 7.47. The molecule has 2 aromatic rings. The first kappa shape index (κ1) is 20.3. The van der Waals surface area contributed by atoms with E-state index in [1.54, 1.807) is 13.8 Å². The molecule has 4 fully saturated rings. The predicted octanol–water partition coefficient (Wildman–Crippen LogP) is 2.81. The number of hydrogen-bond acceptors (Lipinski definition) is 6. The second-order valence-electron chi connectivity index (χ2n) is 9.81. The summed E-state index contributed by atoms with van der Waals surface area (Å²) in [4.78, 5) is 42.2. The van der Waals surface area contributed by atoms with Crippen LogP contribution in [0.25, 0.3) is 11.1 Å². The van der Waals surface area contributed by atoms with Gasteiger partial charge in [0.05, 0.1) is 6.61 Å². The van der Waals surface area contributed by atoms with Crippen LogP contribution in [0, 0.1) is 30.1 Å². The van der Waals surface area contributed by atoms with Gasteiger partial charge in [-0.25, -0.2) is 9.78 Å². The molecule has 31 heavy (non-hydrogen) atoms. The fraction of sp³-hybridized carbons (Fsp3) is 0.652. The molecular weight excluding hydrogens is 398 g/mol. The minimum Gasteiger partial charge on any atom is -0.462 e. The van der Waals surface area contributed by atoms with E-state index in [-0.39, 0.29) is 46.9 Å². The van der Waals surface area contributed by atoms with Crippen molar-refractivity contribution >= 4 is 23.0 Å². The van der Waals surface area contributed by atoms with Gasteiger partial charge < -0.3 is 14.5 Å². The number of esters is 1. The quantitative estimate of drug-likeness (QED) is 0.711. The number of nitrogens with one attached hydrogen (secondary N) is 1. The Balaban J connectivity index is 1.32. The maximum atomic E-state index is 13.0. The van der Waals surface area contributed by atoms with Gasteiger partial charge in [0.2, 0.25) is 11.6 Å². The van der Waals surface area contributed by atoms with Gasteiger partial charge in [-0.2, -0.15) is 0 Å². The van der Waals surface area contributed by atoms with Crippen LogP contribution in [0.5, 0.6) is 0 Å². The Bertz CT molecular complexity index is 1060. The van der Waals surface area contributed by atoms with E-state index in [1.165, 1.54) is 49.4 Å². The van der Waals surface area contributed by atoms with Crippen molar-refractivity contribution in [3.05, 3.63) is 28.0 Å². The molecule has 4 bridgehead atoms. The summed E-state index contributed by atoms with van der Waals surface area (Å²) in [5.41, 5.74) is -0.0839. The molecule has 4 aliphatic rings. The summed E-state index contributed by atoms with van der Waals surface area (Å²) in [6, 6.07) is 0. The van der Waals surface area contributed by atoms with Crippen LogP contribution in [0.15, 0.2) is 15.5 Å². The lowest BCUT2D eigenvalue weighted by molar-refractivity contribution is -0.123. The van der Waals surface area contributed by atoms with Crippen LogP contribution in [-0.2, 0) is 16.1 Å². The van der Waals surface area contributed by atoms with Crippen molar-refractivity contribution in [1.82, 2.24) is 14.9 Å². The van der Waals surface area contributed by atoms with Gasteiger partial charge in [-0.1, -0.05) is 0 Å². The molecule has 8 heteroatoms. The van der Waals surface area contributed by atoms with E-state index in [1.807, 2.05) is 0 Å². The Kier molecular flexibility index (Phi) is 4.90. The third-order valence-corrected chi connectivity index (χ3v) is 7.47. The van der Waals surface area contributed by atoms with Crippen molar-refractivity contribution in [3.63, 3.8) is 0 Å². The fourth-order valence-corrected chi connectivity index (χ4v) is 6.70. The molecule has 0 aliphatic heterocycles. The molecule has 166 valence electrons. The highest BCUT2D eigenvalue weighted by atomic mass is 16.5. The number of carbonyl (C=O) groups excluding carboxylic acids is 2. The van der Waals surface area contributed by atoms with Crippen LogP contribution in [0.4, 0.5) is 0 Å². The highest BCUT2D eigenvalue weighted by Crippen LogP contribution is 2.59. The van der Waals surface area contributed by atoms with Gasteiger partial charge in [-0.15, -0.1) is 0 Å². The topological polar surface area (TPSA) is 103 Å². The lowest BCUT2D eigenvalue weighted by Crippen LogP contribution is -2.51. The molecule has 4 aliphatic carbocycles. The van der Waals surface area contributed by atoms with Gasteiger partial charge in [0.25, 0.3) is 5.56 Å². The molecule has 2 aromatic heterocycles. The van der Waals surface area contributed by atoms with Crippen LogP contribution in [0.2, 0.25) is 0 Å². The molecule has 0 radical (unpaired) electrons. The number of aromatic nitrogens is 2. The average molecular weight is 428 g/mol. The van der Waals surface area contributed by atoms with Gasteiger partial charge in [0.1, 0.15) is 29.6 Å². The molecule has 0 atom stereocenters. The van der Waals surface area contributed by atoms with Crippen molar-refractivity contribution in [2.45, 2.75) is 58.9 Å². The predicted molar refractivity (Wildman–Crippen MR) is 113 cm³/mol. The summed E-state index contributed by atoms with van der Waals surface area (Å²) < 4.78 is 11.8. The molecule has 4 saturated carbocycles. The van der Waals surface area contributed by atoms with E-state index in [9.17, 15) is 14.4 Å². The van der Waals surface area contributed by atoms with Crippen LogP contribution >= 0.6 is 0 Å². The monoisotopic (exact) mass is 427 g/mol. The smallest absolute Gasteiger partial charge is 0.342 e. The minimum absolute atomic E-state index is 0.0623. The number of ether oxygens (including phenoxy) is 1. The normalized spacial score (nSPS) is 28.8. The average Bonchev–Trinajstić information content (AvgIpc) is 3.05. The molecule has 6 rings (SSSR count). The van der Waals surface area contributed by atoms with Gasteiger partial charge in [0.15, 0.2) is 0 Å². The summed E-state index contributed by atoms with van der Waals surface area (Å²) in [7, 11) is 0. The largest absolute Gasteiger partial charge is 0.462 e. The van der Waals surface area contributed by atoms with Crippen LogP contribution < -0.4 is 10.9 Å². The second kappa shape index (κ2) is 7.50. The highest BCUT2D eigenvalue weighted by Gasteiger charge is 2.50. The van der Waals surface area contributed by atoms with Crippen LogP contribution in [0.3, 0.4) is 0 Å². The Labute approximate surface area is 180 Å². The number of fused-ring (bicyclic) bond motifs is 1. The number of nitrogens with zero attached hydrogens (tertiary/aromatic N) is 2. The standard InChI is InChI=1S/C23H29N3O5/c1-3-30-22(29)18-13(2)31-20-19(18)21(28)26(12-25-20)10-17(27)24-11-23-7-14-4-15(8-23)6-16(5-14)9-23/h12,14-16H,3-11H2,1-2H3,(H,24,27). The summed E-state index contributed by atoms with van der Waals surface area (Å²) in [6.07, 6.45) is 9.02. The van der Waals surface area contributed by atoms with Crippen molar-refractivity contribution in [2.75, 3.05) is 13.2 Å². The van der Waals surface area contributed by atoms with E-state index in [0.29, 0.717) is 6.54 Å². The van der Waals surface area contributed by atoms with Crippen molar-refractivity contribution in [2.24, 2.45) is 23.2 Å². The molecule has 1 amide bonds. The van der Waals surface area contributed by atoms with Crippen LogP contribution in [-0.4, -0.2) is 34.6 Å².